The van der Waals surface area contributed by atoms with Gasteiger partial charge in [-0.1, -0.05) is 225 Å². The van der Waals surface area contributed by atoms with E-state index in [1.807, 2.05) is 60.8 Å². The predicted octanol–water partition coefficient (Wildman–Crippen LogP) is 16.7. The number of hydrogen-bond acceptors (Lipinski definition) is 6. The zero-order valence-corrected chi connectivity index (χ0v) is 40.7. The average molecular weight is 883 g/mol. The molecule has 0 aliphatic heterocycles. The number of hydrogen-bond donors (Lipinski definition) is 0. The summed E-state index contributed by atoms with van der Waals surface area (Å²) in [5.41, 5.74) is 0. The molecule has 358 valence electrons. The minimum atomic E-state index is -0.820. The normalized spacial score (nSPS) is 13.2. The molecule has 1 atom stereocenters. The fourth-order valence-electron chi connectivity index (χ4n) is 6.34. The number of rotatable bonds is 43. The fourth-order valence-corrected chi connectivity index (χ4v) is 6.34. The number of ether oxygens (including phenoxy) is 3. The molecule has 1 unspecified atom stereocenters. The third kappa shape index (κ3) is 48.6. The highest BCUT2D eigenvalue weighted by Gasteiger charge is 2.19. The molecule has 0 bridgehead atoms. The first kappa shape index (κ1) is 59.5. The summed E-state index contributed by atoms with van der Waals surface area (Å²) in [6.45, 7) is 6.24. The minimum Gasteiger partial charge on any atom is -0.462 e. The van der Waals surface area contributed by atoms with Crippen LogP contribution in [0.2, 0.25) is 0 Å². The van der Waals surface area contributed by atoms with Crippen LogP contribution in [-0.2, 0) is 28.6 Å². The summed E-state index contributed by atoms with van der Waals surface area (Å²) in [5.74, 6) is -1.01. The molecular formula is C58H90O6. The molecule has 64 heavy (non-hydrogen) atoms. The largest absolute Gasteiger partial charge is 0.462 e. The Hall–Kier alpha value is -4.45. The maximum absolute atomic E-state index is 12.8. The van der Waals surface area contributed by atoms with Gasteiger partial charge in [0, 0.05) is 19.3 Å². The van der Waals surface area contributed by atoms with Crippen LogP contribution in [0.25, 0.3) is 0 Å². The molecule has 0 spiro atoms. The van der Waals surface area contributed by atoms with Gasteiger partial charge < -0.3 is 14.2 Å². The molecule has 6 heteroatoms. The fraction of sp³-hybridized carbons (Fsp3) is 0.569. The van der Waals surface area contributed by atoms with E-state index in [9.17, 15) is 14.4 Å². The van der Waals surface area contributed by atoms with Crippen molar-refractivity contribution in [1.29, 1.82) is 0 Å². The van der Waals surface area contributed by atoms with Crippen molar-refractivity contribution in [3.63, 3.8) is 0 Å². The van der Waals surface area contributed by atoms with Crippen molar-refractivity contribution >= 4 is 17.9 Å². The lowest BCUT2D eigenvalue weighted by Gasteiger charge is -2.18. The maximum atomic E-state index is 12.8. The number of allylic oxidation sites excluding steroid dienone is 22. The molecule has 0 fully saturated rings. The Bertz CT molecular complexity index is 1430. The Labute approximate surface area is 392 Å². The molecule has 0 amide bonds. The molecule has 0 aromatic heterocycles. The quantitative estimate of drug-likeness (QED) is 0.0263. The summed E-state index contributed by atoms with van der Waals surface area (Å²) in [5, 5.41) is 0. The van der Waals surface area contributed by atoms with Crippen LogP contribution in [-0.4, -0.2) is 37.2 Å². The molecule has 0 saturated carbocycles. The molecule has 0 saturated heterocycles. The van der Waals surface area contributed by atoms with Crippen LogP contribution >= 0.6 is 0 Å². The standard InChI is InChI=1S/C58H90O6/c1-4-7-10-13-16-19-22-25-27-28-29-31-33-36-39-42-45-48-51-57(60)63-54-55(53-62-56(59)50-47-44-41-38-35-32-24-21-18-15-12-9-6-3)64-58(61)52-49-46-43-40-37-34-30-26-23-20-17-14-11-8-5-2/h8-9,11-12,14-15,17-18,20-32,35,55H,4-7,10,13,16,19,33-34,36-54H2,1-3H3/b11-8+,12-9+,17-14+,18-15+,23-20+,24-21+,25-22+,28-27+,30-26+,31-29+,35-32+. The molecule has 0 aliphatic carbocycles. The van der Waals surface area contributed by atoms with Crippen molar-refractivity contribution in [2.45, 2.75) is 200 Å². The van der Waals surface area contributed by atoms with Crippen molar-refractivity contribution in [2.75, 3.05) is 13.2 Å². The third-order valence-electron chi connectivity index (χ3n) is 10.1. The van der Waals surface area contributed by atoms with E-state index in [-0.39, 0.29) is 37.5 Å². The zero-order valence-electron chi connectivity index (χ0n) is 40.7. The van der Waals surface area contributed by atoms with Crippen molar-refractivity contribution in [3.05, 3.63) is 134 Å². The number of unbranched alkanes of at least 4 members (excludes halogenated alkanes) is 18. The number of carbonyl (C=O) groups is 3. The second-order valence-corrected chi connectivity index (χ2v) is 16.2. The first-order valence-corrected chi connectivity index (χ1v) is 25.3. The van der Waals surface area contributed by atoms with Gasteiger partial charge in [0.25, 0.3) is 0 Å². The lowest BCUT2D eigenvalue weighted by Crippen LogP contribution is -2.30. The summed E-state index contributed by atoms with van der Waals surface area (Å²) < 4.78 is 16.7. The summed E-state index contributed by atoms with van der Waals surface area (Å²) in [6, 6.07) is 0. The van der Waals surface area contributed by atoms with Crippen LogP contribution < -0.4 is 0 Å². The highest BCUT2D eigenvalue weighted by molar-refractivity contribution is 5.71. The van der Waals surface area contributed by atoms with Crippen molar-refractivity contribution < 1.29 is 28.6 Å². The monoisotopic (exact) mass is 883 g/mol. The van der Waals surface area contributed by atoms with E-state index in [0.717, 1.165) is 122 Å². The van der Waals surface area contributed by atoms with Crippen molar-refractivity contribution in [3.8, 4) is 0 Å². The van der Waals surface area contributed by atoms with E-state index in [0.29, 0.717) is 12.8 Å². The highest BCUT2D eigenvalue weighted by atomic mass is 16.6. The van der Waals surface area contributed by atoms with Gasteiger partial charge in [0.2, 0.25) is 0 Å². The second kappa shape index (κ2) is 51.2. The Morgan fingerprint density at radius 1 is 0.328 bits per heavy atom. The summed E-state index contributed by atoms with van der Waals surface area (Å²) in [6.07, 6.45) is 71.4. The lowest BCUT2D eigenvalue weighted by atomic mass is 10.1. The maximum Gasteiger partial charge on any atom is 0.306 e. The molecule has 0 aromatic rings. The van der Waals surface area contributed by atoms with Gasteiger partial charge in [-0.05, 0) is 83.5 Å². The average Bonchev–Trinajstić information content (AvgIpc) is 3.29. The highest BCUT2D eigenvalue weighted by Crippen LogP contribution is 2.12. The molecule has 0 aromatic carbocycles. The van der Waals surface area contributed by atoms with Gasteiger partial charge in [0.1, 0.15) is 13.2 Å². The van der Waals surface area contributed by atoms with Crippen LogP contribution in [0.4, 0.5) is 0 Å². The molecule has 0 aliphatic rings. The first-order valence-electron chi connectivity index (χ1n) is 25.3. The van der Waals surface area contributed by atoms with Gasteiger partial charge >= 0.3 is 17.9 Å². The van der Waals surface area contributed by atoms with Gasteiger partial charge in [-0.25, -0.2) is 0 Å². The van der Waals surface area contributed by atoms with E-state index >= 15 is 0 Å². The van der Waals surface area contributed by atoms with Crippen LogP contribution in [0.15, 0.2) is 134 Å². The Balaban J connectivity index is 4.55. The van der Waals surface area contributed by atoms with E-state index in [1.165, 1.54) is 32.1 Å². The summed E-state index contributed by atoms with van der Waals surface area (Å²) >= 11 is 0. The Morgan fingerprint density at radius 3 is 0.969 bits per heavy atom. The SMILES string of the molecule is CC/C=C/C=C/C=C/C=C/CCCCCCCC(=O)OC(COC(=O)CCCCC/C=C/C=C/C=C/C=C/CC)COC(=O)CCCCCCC/C=C/C=C/C=C/CCCCCCC. The molecule has 0 N–H and O–H groups in total. The molecule has 0 heterocycles. The van der Waals surface area contributed by atoms with Gasteiger partial charge in [0.05, 0.1) is 0 Å². The van der Waals surface area contributed by atoms with Crippen LogP contribution in [0.5, 0.6) is 0 Å². The molecule has 0 radical (unpaired) electrons. The van der Waals surface area contributed by atoms with Gasteiger partial charge in [0.15, 0.2) is 6.10 Å². The van der Waals surface area contributed by atoms with Crippen LogP contribution in [0.1, 0.15) is 194 Å². The Kier molecular flexibility index (Phi) is 47.6. The van der Waals surface area contributed by atoms with E-state index in [4.69, 9.17) is 14.2 Å². The van der Waals surface area contributed by atoms with Crippen molar-refractivity contribution in [2.24, 2.45) is 0 Å². The predicted molar refractivity (Wildman–Crippen MR) is 274 cm³/mol. The lowest BCUT2D eigenvalue weighted by molar-refractivity contribution is -0.167. The summed E-state index contributed by atoms with van der Waals surface area (Å²) in [7, 11) is 0. The molecular weight excluding hydrogens is 793 g/mol. The van der Waals surface area contributed by atoms with E-state index < -0.39 is 6.10 Å². The van der Waals surface area contributed by atoms with Gasteiger partial charge in [-0.3, -0.25) is 14.4 Å². The Morgan fingerprint density at radius 2 is 0.609 bits per heavy atom. The van der Waals surface area contributed by atoms with Crippen LogP contribution in [0.3, 0.4) is 0 Å². The minimum absolute atomic E-state index is 0.117. The van der Waals surface area contributed by atoms with Gasteiger partial charge in [-0.2, -0.15) is 0 Å². The first-order chi connectivity index (χ1) is 31.5. The summed E-state index contributed by atoms with van der Waals surface area (Å²) in [4.78, 5) is 38.0. The number of carbonyl (C=O) groups excluding carboxylic acids is 3. The van der Waals surface area contributed by atoms with Crippen LogP contribution in [0, 0.1) is 0 Å². The molecule has 0 rings (SSSR count). The second-order valence-electron chi connectivity index (χ2n) is 16.2. The smallest absolute Gasteiger partial charge is 0.306 e. The van der Waals surface area contributed by atoms with E-state index in [1.54, 1.807) is 0 Å². The third-order valence-corrected chi connectivity index (χ3v) is 10.1. The zero-order chi connectivity index (χ0) is 46.5. The van der Waals surface area contributed by atoms with Crippen molar-refractivity contribution in [1.82, 2.24) is 0 Å². The topological polar surface area (TPSA) is 78.9 Å². The van der Waals surface area contributed by atoms with Gasteiger partial charge in [-0.15, -0.1) is 0 Å². The van der Waals surface area contributed by atoms with E-state index in [2.05, 4.69) is 93.7 Å². The molecule has 6 nitrogen and oxygen atoms in total. The number of esters is 3.